The Morgan fingerprint density at radius 1 is 1.15 bits per heavy atom. The second-order valence-corrected chi connectivity index (χ2v) is 6.37. The summed E-state index contributed by atoms with van der Waals surface area (Å²) in [7, 11) is 0. The zero-order chi connectivity index (χ0) is 18.5. The third-order valence-corrected chi connectivity index (χ3v) is 4.51. The van der Waals surface area contributed by atoms with Crippen molar-refractivity contribution in [2.75, 3.05) is 44.4 Å². The third-order valence-electron chi connectivity index (χ3n) is 4.51. The van der Waals surface area contributed by atoms with Crippen LogP contribution in [-0.2, 0) is 16.0 Å². The number of carbonyl (C=O) groups is 1. The molecular formula is C19H22N4O4. The number of nitrogens with zero attached hydrogens (tertiary/aromatic N) is 3. The van der Waals surface area contributed by atoms with Crippen LogP contribution in [-0.4, -0.2) is 61.4 Å². The number of ether oxygens (including phenoxy) is 3. The van der Waals surface area contributed by atoms with E-state index in [1.807, 2.05) is 23.1 Å². The summed E-state index contributed by atoms with van der Waals surface area (Å²) in [6.07, 6.45) is 3.57. The molecule has 8 heteroatoms. The maximum absolute atomic E-state index is 12.4. The van der Waals surface area contributed by atoms with E-state index in [1.54, 1.807) is 18.5 Å². The monoisotopic (exact) mass is 370 g/mol. The quantitative estimate of drug-likeness (QED) is 0.834. The lowest BCUT2D eigenvalue weighted by Gasteiger charge is -2.32. The summed E-state index contributed by atoms with van der Waals surface area (Å²) in [6.45, 7) is 3.26. The number of benzene rings is 1. The molecule has 1 aromatic heterocycles. The van der Waals surface area contributed by atoms with Crippen LogP contribution in [0.25, 0.3) is 0 Å². The number of hydrogen-bond acceptors (Lipinski definition) is 7. The first kappa shape index (κ1) is 17.5. The van der Waals surface area contributed by atoms with E-state index in [0.717, 1.165) is 17.1 Å². The fourth-order valence-electron chi connectivity index (χ4n) is 3.13. The van der Waals surface area contributed by atoms with E-state index in [9.17, 15) is 4.79 Å². The molecule has 1 unspecified atom stereocenters. The fourth-order valence-corrected chi connectivity index (χ4v) is 3.13. The minimum absolute atomic E-state index is 0.117. The van der Waals surface area contributed by atoms with Crippen LogP contribution in [0.2, 0.25) is 0 Å². The van der Waals surface area contributed by atoms with Crippen molar-refractivity contribution in [1.82, 2.24) is 15.3 Å². The zero-order valence-electron chi connectivity index (χ0n) is 15.0. The molecule has 2 aliphatic heterocycles. The van der Waals surface area contributed by atoms with Crippen LogP contribution in [0, 0.1) is 0 Å². The summed E-state index contributed by atoms with van der Waals surface area (Å²) in [5, 5.41) is 2.95. The van der Waals surface area contributed by atoms with Gasteiger partial charge >= 0.3 is 0 Å². The smallest absolute Gasteiger partial charge is 0.251 e. The second kappa shape index (κ2) is 8.22. The van der Waals surface area contributed by atoms with Crippen molar-refractivity contribution in [3.8, 4) is 11.5 Å². The normalized spacial score (nSPS) is 18.8. The Morgan fingerprint density at radius 2 is 1.96 bits per heavy atom. The largest absolute Gasteiger partial charge is 0.486 e. The number of rotatable bonds is 5. The topological polar surface area (TPSA) is 85.8 Å². The summed E-state index contributed by atoms with van der Waals surface area (Å²) in [5.74, 6) is 2.04. The molecule has 1 aromatic carbocycles. The van der Waals surface area contributed by atoms with E-state index in [1.165, 1.54) is 0 Å². The number of amides is 1. The van der Waals surface area contributed by atoms with Gasteiger partial charge in [-0.15, -0.1) is 0 Å². The van der Waals surface area contributed by atoms with Gasteiger partial charge in [0.15, 0.2) is 17.6 Å². The summed E-state index contributed by atoms with van der Waals surface area (Å²) >= 11 is 0. The Morgan fingerprint density at radius 3 is 2.81 bits per heavy atom. The molecule has 0 spiro atoms. The lowest BCUT2D eigenvalue weighted by molar-refractivity contribution is -0.133. The van der Waals surface area contributed by atoms with Crippen molar-refractivity contribution in [2.24, 2.45) is 0 Å². The van der Waals surface area contributed by atoms with Gasteiger partial charge in [0, 0.05) is 25.5 Å². The molecular weight excluding hydrogens is 348 g/mol. The first-order valence-electron chi connectivity index (χ1n) is 9.09. The molecule has 2 aliphatic rings. The summed E-state index contributed by atoms with van der Waals surface area (Å²) in [4.78, 5) is 22.9. The summed E-state index contributed by atoms with van der Waals surface area (Å²) in [6, 6.07) is 7.64. The molecule has 27 heavy (non-hydrogen) atoms. The molecule has 8 nitrogen and oxygen atoms in total. The van der Waals surface area contributed by atoms with Gasteiger partial charge in [-0.2, -0.15) is 0 Å². The predicted molar refractivity (Wildman–Crippen MR) is 98.1 cm³/mol. The summed E-state index contributed by atoms with van der Waals surface area (Å²) < 4.78 is 16.7. The maximum Gasteiger partial charge on any atom is 0.251 e. The molecule has 4 rings (SSSR count). The van der Waals surface area contributed by atoms with Gasteiger partial charge in [-0.3, -0.25) is 4.79 Å². The van der Waals surface area contributed by atoms with Crippen molar-refractivity contribution >= 4 is 11.9 Å². The van der Waals surface area contributed by atoms with Crippen molar-refractivity contribution in [3.63, 3.8) is 0 Å². The number of carbonyl (C=O) groups excluding carboxylic acids is 1. The standard InChI is InChI=1S/C19H22N4O4/c24-18(17-13-23(8-9-25-17)19-21-5-1-6-22-19)20-7-4-14-2-3-15-16(12-14)27-11-10-26-15/h1-3,5-6,12,17H,4,7-11,13H2,(H,20,24). The Hall–Kier alpha value is -2.87. The molecule has 1 fully saturated rings. The van der Waals surface area contributed by atoms with Gasteiger partial charge in [0.1, 0.15) is 13.2 Å². The number of aromatic nitrogens is 2. The van der Waals surface area contributed by atoms with E-state index in [-0.39, 0.29) is 5.91 Å². The van der Waals surface area contributed by atoms with Crippen LogP contribution in [0.4, 0.5) is 5.95 Å². The molecule has 0 saturated carbocycles. The van der Waals surface area contributed by atoms with E-state index >= 15 is 0 Å². The number of fused-ring (bicyclic) bond motifs is 1. The Kier molecular flexibility index (Phi) is 5.34. The third kappa shape index (κ3) is 4.28. The first-order chi connectivity index (χ1) is 13.3. The van der Waals surface area contributed by atoms with Crippen LogP contribution >= 0.6 is 0 Å². The van der Waals surface area contributed by atoms with Gasteiger partial charge in [0.05, 0.1) is 13.2 Å². The van der Waals surface area contributed by atoms with E-state index in [2.05, 4.69) is 15.3 Å². The fraction of sp³-hybridized carbons (Fsp3) is 0.421. The highest BCUT2D eigenvalue weighted by molar-refractivity contribution is 5.81. The molecule has 0 radical (unpaired) electrons. The lowest BCUT2D eigenvalue weighted by atomic mass is 10.1. The number of hydrogen-bond donors (Lipinski definition) is 1. The Bertz CT molecular complexity index is 787. The zero-order valence-corrected chi connectivity index (χ0v) is 15.0. The van der Waals surface area contributed by atoms with Gasteiger partial charge in [-0.1, -0.05) is 6.07 Å². The predicted octanol–water partition coefficient (Wildman–Crippen LogP) is 0.812. The SMILES string of the molecule is O=C(NCCc1ccc2c(c1)OCCO2)C1CN(c2ncccn2)CCO1. The second-order valence-electron chi connectivity index (χ2n) is 6.37. The molecule has 1 N–H and O–H groups in total. The Balaban J connectivity index is 1.28. The molecule has 1 amide bonds. The number of morpholine rings is 1. The van der Waals surface area contributed by atoms with E-state index < -0.39 is 6.10 Å². The van der Waals surface area contributed by atoms with Crippen molar-refractivity contribution in [1.29, 1.82) is 0 Å². The molecule has 0 bridgehead atoms. The van der Waals surface area contributed by atoms with Gasteiger partial charge in [0.2, 0.25) is 5.95 Å². The van der Waals surface area contributed by atoms with Crippen LogP contribution < -0.4 is 19.7 Å². The van der Waals surface area contributed by atoms with Gasteiger partial charge in [0.25, 0.3) is 5.91 Å². The van der Waals surface area contributed by atoms with Crippen molar-refractivity contribution in [2.45, 2.75) is 12.5 Å². The molecule has 1 atom stereocenters. The highest BCUT2D eigenvalue weighted by Gasteiger charge is 2.27. The molecule has 0 aliphatic carbocycles. The maximum atomic E-state index is 12.4. The average molecular weight is 370 g/mol. The molecule has 142 valence electrons. The highest BCUT2D eigenvalue weighted by atomic mass is 16.6. The molecule has 2 aromatic rings. The Labute approximate surface area is 157 Å². The molecule has 3 heterocycles. The minimum atomic E-state index is -0.525. The van der Waals surface area contributed by atoms with Crippen LogP contribution in [0.3, 0.4) is 0 Å². The molecule has 1 saturated heterocycles. The van der Waals surface area contributed by atoms with Crippen LogP contribution in [0.5, 0.6) is 11.5 Å². The minimum Gasteiger partial charge on any atom is -0.486 e. The number of anilines is 1. The van der Waals surface area contributed by atoms with Gasteiger partial charge in [-0.25, -0.2) is 9.97 Å². The van der Waals surface area contributed by atoms with Crippen LogP contribution in [0.15, 0.2) is 36.7 Å². The highest BCUT2D eigenvalue weighted by Crippen LogP contribution is 2.30. The first-order valence-corrected chi connectivity index (χ1v) is 9.09. The summed E-state index contributed by atoms with van der Waals surface area (Å²) in [5.41, 5.74) is 1.09. The van der Waals surface area contributed by atoms with Gasteiger partial charge < -0.3 is 24.4 Å². The van der Waals surface area contributed by atoms with Crippen LogP contribution in [0.1, 0.15) is 5.56 Å². The average Bonchev–Trinajstić information content (AvgIpc) is 2.74. The number of nitrogens with one attached hydrogen (secondary N) is 1. The van der Waals surface area contributed by atoms with Gasteiger partial charge in [-0.05, 0) is 30.2 Å². The van der Waals surface area contributed by atoms with E-state index in [4.69, 9.17) is 14.2 Å². The van der Waals surface area contributed by atoms with Crippen molar-refractivity contribution in [3.05, 3.63) is 42.2 Å². The van der Waals surface area contributed by atoms with Crippen molar-refractivity contribution < 1.29 is 19.0 Å². The van der Waals surface area contributed by atoms with E-state index in [0.29, 0.717) is 51.8 Å². The lowest BCUT2D eigenvalue weighted by Crippen LogP contribution is -2.50.